The van der Waals surface area contributed by atoms with E-state index >= 15 is 0 Å². The molecule has 0 radical (unpaired) electrons. The summed E-state index contributed by atoms with van der Waals surface area (Å²) in [4.78, 5) is 17.1. The van der Waals surface area contributed by atoms with Gasteiger partial charge < -0.3 is 0 Å². The van der Waals surface area contributed by atoms with Gasteiger partial charge in [-0.05, 0) is 44.1 Å². The van der Waals surface area contributed by atoms with Crippen LogP contribution in [0.2, 0.25) is 0 Å². The van der Waals surface area contributed by atoms with Crippen molar-refractivity contribution in [3.63, 3.8) is 0 Å². The third-order valence-electron chi connectivity index (χ3n) is 5.57. The van der Waals surface area contributed by atoms with E-state index in [9.17, 15) is 9.18 Å². The van der Waals surface area contributed by atoms with Crippen molar-refractivity contribution in [2.24, 2.45) is 11.3 Å². The molecule has 1 aromatic heterocycles. The highest BCUT2D eigenvalue weighted by Gasteiger charge is 2.60. The van der Waals surface area contributed by atoms with Crippen LogP contribution in [0.1, 0.15) is 67.7 Å². The van der Waals surface area contributed by atoms with E-state index in [2.05, 4.69) is 16.7 Å². The standard InChI is InChI=1S/C19H22FN3O/c1-3-5-6-12(4-2)15-11-14(20)18-21-17(22-23(15)18)16(24)19(9-10-19)13-7-8-13/h3-6,13-15H,2,7-11H2,1H3/b5-3-,12-6?/t14-,15-/m0/s1. The van der Waals surface area contributed by atoms with Crippen molar-refractivity contribution in [3.8, 4) is 0 Å². The molecule has 0 amide bonds. The summed E-state index contributed by atoms with van der Waals surface area (Å²) in [7, 11) is 0. The lowest BCUT2D eigenvalue weighted by molar-refractivity contribution is 0.0869. The number of alkyl halides is 1. The molecule has 0 N–H and O–H groups in total. The van der Waals surface area contributed by atoms with E-state index in [4.69, 9.17) is 0 Å². The summed E-state index contributed by atoms with van der Waals surface area (Å²) in [6, 6.07) is -0.242. The molecule has 4 nitrogen and oxygen atoms in total. The quantitative estimate of drug-likeness (QED) is 0.578. The minimum atomic E-state index is -1.19. The summed E-state index contributed by atoms with van der Waals surface area (Å²) in [5.41, 5.74) is 0.660. The van der Waals surface area contributed by atoms with E-state index in [-0.39, 0.29) is 28.9 Å². The van der Waals surface area contributed by atoms with E-state index < -0.39 is 6.17 Å². The first-order valence-corrected chi connectivity index (χ1v) is 8.71. The number of aromatic nitrogens is 3. The fourth-order valence-corrected chi connectivity index (χ4v) is 3.89. The van der Waals surface area contributed by atoms with Crippen LogP contribution in [0.25, 0.3) is 0 Å². The minimum Gasteiger partial charge on any atom is -0.290 e. The van der Waals surface area contributed by atoms with Gasteiger partial charge in [-0.25, -0.2) is 14.1 Å². The number of rotatable bonds is 6. The van der Waals surface area contributed by atoms with Gasteiger partial charge in [0, 0.05) is 11.8 Å². The molecule has 0 saturated heterocycles. The maximum atomic E-state index is 14.4. The molecule has 5 heteroatoms. The summed E-state index contributed by atoms with van der Waals surface area (Å²) in [6.45, 7) is 5.75. The summed E-state index contributed by atoms with van der Waals surface area (Å²) in [5, 5.41) is 4.42. The summed E-state index contributed by atoms with van der Waals surface area (Å²) < 4.78 is 16.0. The van der Waals surface area contributed by atoms with Crippen LogP contribution in [0.4, 0.5) is 4.39 Å². The normalized spacial score (nSPS) is 28.2. The van der Waals surface area contributed by atoms with Crippen molar-refractivity contribution >= 4 is 5.78 Å². The number of fused-ring (bicyclic) bond motifs is 1. The lowest BCUT2D eigenvalue weighted by Crippen LogP contribution is -2.20. The number of hydrogen-bond acceptors (Lipinski definition) is 3. The Bertz CT molecular complexity index is 753. The highest BCUT2D eigenvalue weighted by Crippen LogP contribution is 2.62. The molecule has 1 aliphatic heterocycles. The highest BCUT2D eigenvalue weighted by molar-refractivity contribution is 5.99. The lowest BCUT2D eigenvalue weighted by atomic mass is 9.94. The molecule has 4 rings (SSSR count). The van der Waals surface area contributed by atoms with Crippen molar-refractivity contribution in [1.82, 2.24) is 14.8 Å². The number of carbonyl (C=O) groups is 1. The van der Waals surface area contributed by atoms with Crippen LogP contribution < -0.4 is 0 Å². The summed E-state index contributed by atoms with van der Waals surface area (Å²) in [6.07, 6.45) is 10.7. The van der Waals surface area contributed by atoms with Crippen LogP contribution in [-0.4, -0.2) is 20.5 Å². The molecule has 2 fully saturated rings. The van der Waals surface area contributed by atoms with Crippen LogP contribution in [0, 0.1) is 11.3 Å². The van der Waals surface area contributed by atoms with Crippen LogP contribution >= 0.6 is 0 Å². The number of carbonyl (C=O) groups excluding carboxylic acids is 1. The Labute approximate surface area is 141 Å². The first-order valence-electron chi connectivity index (χ1n) is 8.71. The van der Waals surface area contributed by atoms with Crippen LogP contribution in [-0.2, 0) is 0 Å². The number of ketones is 1. The van der Waals surface area contributed by atoms with E-state index in [1.165, 1.54) is 0 Å². The van der Waals surface area contributed by atoms with Gasteiger partial charge in [0.15, 0.2) is 12.0 Å². The number of hydrogen-bond donors (Lipinski definition) is 0. The zero-order chi connectivity index (χ0) is 16.9. The number of halogens is 1. The predicted octanol–water partition coefficient (Wildman–Crippen LogP) is 4.29. The van der Waals surface area contributed by atoms with E-state index in [0.29, 0.717) is 12.3 Å². The van der Waals surface area contributed by atoms with E-state index in [0.717, 1.165) is 31.3 Å². The smallest absolute Gasteiger partial charge is 0.218 e. The topological polar surface area (TPSA) is 47.8 Å². The molecule has 2 heterocycles. The largest absolute Gasteiger partial charge is 0.290 e. The number of nitrogens with zero attached hydrogens (tertiary/aromatic N) is 3. The molecule has 24 heavy (non-hydrogen) atoms. The molecular formula is C19H22FN3O. The molecule has 0 bridgehead atoms. The van der Waals surface area contributed by atoms with E-state index in [1.54, 1.807) is 10.8 Å². The average Bonchev–Trinajstić information content (AvgIpc) is 3.47. The Kier molecular flexibility index (Phi) is 3.55. The highest BCUT2D eigenvalue weighted by atomic mass is 19.1. The van der Waals surface area contributed by atoms with Crippen molar-refractivity contribution in [3.05, 3.63) is 48.1 Å². The zero-order valence-electron chi connectivity index (χ0n) is 13.9. The van der Waals surface area contributed by atoms with Crippen LogP contribution in [0.15, 0.2) is 36.5 Å². The van der Waals surface area contributed by atoms with Gasteiger partial charge >= 0.3 is 0 Å². The van der Waals surface area contributed by atoms with Crippen molar-refractivity contribution < 1.29 is 9.18 Å². The third kappa shape index (κ3) is 2.29. The zero-order valence-corrected chi connectivity index (χ0v) is 13.9. The summed E-state index contributed by atoms with van der Waals surface area (Å²) in [5.74, 6) is 1.01. The van der Waals surface area contributed by atoms with Crippen molar-refractivity contribution in [1.29, 1.82) is 0 Å². The van der Waals surface area contributed by atoms with Crippen molar-refractivity contribution in [2.75, 3.05) is 0 Å². The Hall–Kier alpha value is -2.04. The summed E-state index contributed by atoms with van der Waals surface area (Å²) >= 11 is 0. The van der Waals surface area contributed by atoms with Crippen LogP contribution in [0.3, 0.4) is 0 Å². The molecule has 2 aliphatic carbocycles. The van der Waals surface area contributed by atoms with Gasteiger partial charge in [-0.3, -0.25) is 4.79 Å². The van der Waals surface area contributed by atoms with Crippen molar-refractivity contribution in [2.45, 2.75) is 51.2 Å². The number of Topliss-reactive ketones (excluding diaryl/α,β-unsaturated/α-hetero) is 1. The van der Waals surface area contributed by atoms with Gasteiger partial charge in [0.25, 0.3) is 0 Å². The molecule has 2 atom stereocenters. The SMILES string of the molecule is C=CC(=C/C=C\C)[C@@H]1C[C@H](F)c2nc(C(=O)C3(C4CC4)CC3)nn21. The fourth-order valence-electron chi connectivity index (χ4n) is 3.89. The molecule has 3 aliphatic rings. The first kappa shape index (κ1) is 15.5. The van der Waals surface area contributed by atoms with Crippen LogP contribution in [0.5, 0.6) is 0 Å². The molecule has 2 saturated carbocycles. The van der Waals surface area contributed by atoms with Gasteiger partial charge in [0.1, 0.15) is 0 Å². The van der Waals surface area contributed by atoms with E-state index in [1.807, 2.05) is 25.2 Å². The predicted molar refractivity (Wildman–Crippen MR) is 89.3 cm³/mol. The van der Waals surface area contributed by atoms with Gasteiger partial charge in [-0.1, -0.05) is 30.9 Å². The third-order valence-corrected chi connectivity index (χ3v) is 5.57. The Morgan fingerprint density at radius 2 is 2.17 bits per heavy atom. The lowest BCUT2D eigenvalue weighted by Gasteiger charge is -2.13. The Morgan fingerprint density at radius 1 is 1.42 bits per heavy atom. The van der Waals surface area contributed by atoms with Gasteiger partial charge in [0.2, 0.25) is 11.6 Å². The van der Waals surface area contributed by atoms with Gasteiger partial charge in [-0.15, -0.1) is 5.10 Å². The molecule has 0 aromatic carbocycles. The molecule has 0 unspecified atom stereocenters. The maximum absolute atomic E-state index is 14.4. The number of allylic oxidation sites excluding steroid dienone is 5. The second kappa shape index (κ2) is 5.50. The average molecular weight is 327 g/mol. The molecule has 126 valence electrons. The minimum absolute atomic E-state index is 0.0236. The fraction of sp³-hybridized carbons (Fsp3) is 0.526. The first-order chi connectivity index (χ1) is 11.6. The molecule has 1 aromatic rings. The second-order valence-electron chi connectivity index (χ2n) is 7.11. The molecular weight excluding hydrogens is 305 g/mol. The van der Waals surface area contributed by atoms with Gasteiger partial charge in [-0.2, -0.15) is 0 Å². The Morgan fingerprint density at radius 3 is 2.75 bits per heavy atom. The second-order valence-corrected chi connectivity index (χ2v) is 7.11. The maximum Gasteiger partial charge on any atom is 0.218 e. The molecule has 0 spiro atoms. The Balaban J connectivity index is 1.66. The monoisotopic (exact) mass is 327 g/mol. The van der Waals surface area contributed by atoms with Gasteiger partial charge in [0.05, 0.1) is 6.04 Å².